The fourth-order valence-electron chi connectivity index (χ4n) is 4.15. The third-order valence-corrected chi connectivity index (χ3v) is 7.31. The first-order valence-electron chi connectivity index (χ1n) is 10.2. The Hall–Kier alpha value is -2.84. The number of hydrogen-bond donors (Lipinski definition) is 1. The molecule has 5 rings (SSSR count). The lowest BCUT2D eigenvalue weighted by Crippen LogP contribution is -2.31. The summed E-state index contributed by atoms with van der Waals surface area (Å²) in [6.07, 6.45) is 0.644. The molecule has 1 aliphatic rings. The maximum absolute atomic E-state index is 13.8. The summed E-state index contributed by atoms with van der Waals surface area (Å²) in [7, 11) is 0. The minimum absolute atomic E-state index is 0.175. The molecule has 1 saturated heterocycles. The van der Waals surface area contributed by atoms with Gasteiger partial charge in [-0.25, -0.2) is 14.4 Å². The Bertz CT molecular complexity index is 1390. The van der Waals surface area contributed by atoms with Crippen LogP contribution in [-0.4, -0.2) is 32.3 Å². The number of amides is 1. The van der Waals surface area contributed by atoms with Gasteiger partial charge in [0.05, 0.1) is 31.4 Å². The molecule has 1 aliphatic heterocycles. The number of aromatic nitrogens is 3. The number of aryl methyl sites for hydroxylation is 2. The zero-order chi connectivity index (χ0) is 22.6. The van der Waals surface area contributed by atoms with Crippen LogP contribution in [0, 0.1) is 19.7 Å². The standard InChI is InChI=1S/C24H20BrFN4OS/c1-12-9-19(23-28-18-6-4-5-13(2)20(18)29-23)30(11-12)24(31)21-22(32-14(3)27-21)15-7-8-17(26)16(25)10-15/h4-8,10,19H,1,9,11H2,2-3H3,(H,28,29). The fraction of sp³-hybridized carbons (Fsp3) is 0.208. The van der Waals surface area contributed by atoms with Gasteiger partial charge in [-0.05, 0) is 65.5 Å². The highest BCUT2D eigenvalue weighted by atomic mass is 79.9. The number of nitrogens with zero attached hydrogens (tertiary/aromatic N) is 3. The number of likely N-dealkylation sites (tertiary alicyclic amines) is 1. The summed E-state index contributed by atoms with van der Waals surface area (Å²) in [4.78, 5) is 29.0. The van der Waals surface area contributed by atoms with E-state index in [1.807, 2.05) is 32.0 Å². The van der Waals surface area contributed by atoms with Crippen LogP contribution in [0.15, 0.2) is 53.0 Å². The third-order valence-electron chi connectivity index (χ3n) is 5.68. The predicted molar refractivity (Wildman–Crippen MR) is 128 cm³/mol. The predicted octanol–water partition coefficient (Wildman–Crippen LogP) is 6.35. The molecule has 0 spiro atoms. The van der Waals surface area contributed by atoms with Gasteiger partial charge in [-0.3, -0.25) is 4.79 Å². The minimum atomic E-state index is -0.348. The van der Waals surface area contributed by atoms with E-state index in [-0.39, 0.29) is 17.8 Å². The summed E-state index contributed by atoms with van der Waals surface area (Å²) in [6, 6.07) is 10.5. The van der Waals surface area contributed by atoms with Crippen LogP contribution in [0.5, 0.6) is 0 Å². The number of benzene rings is 2. The summed E-state index contributed by atoms with van der Waals surface area (Å²) in [5, 5.41) is 0.776. The second kappa shape index (κ2) is 7.94. The van der Waals surface area contributed by atoms with Crippen LogP contribution in [0.3, 0.4) is 0 Å². The molecule has 2 aromatic carbocycles. The molecule has 1 fully saturated rings. The van der Waals surface area contributed by atoms with Crippen LogP contribution in [0.1, 0.15) is 39.3 Å². The van der Waals surface area contributed by atoms with Crippen molar-refractivity contribution in [2.24, 2.45) is 0 Å². The topological polar surface area (TPSA) is 61.9 Å². The number of fused-ring (bicyclic) bond motifs is 1. The molecule has 0 bridgehead atoms. The summed E-state index contributed by atoms with van der Waals surface area (Å²) < 4.78 is 14.1. The number of carbonyl (C=O) groups is 1. The van der Waals surface area contributed by atoms with E-state index in [9.17, 15) is 9.18 Å². The lowest BCUT2D eigenvalue weighted by atomic mass is 10.1. The fourth-order valence-corrected chi connectivity index (χ4v) is 5.44. The minimum Gasteiger partial charge on any atom is -0.340 e. The molecular formula is C24H20BrFN4OS. The molecule has 32 heavy (non-hydrogen) atoms. The van der Waals surface area contributed by atoms with E-state index in [1.165, 1.54) is 17.4 Å². The van der Waals surface area contributed by atoms with Gasteiger partial charge in [0, 0.05) is 6.54 Å². The molecule has 4 aromatic rings. The van der Waals surface area contributed by atoms with Gasteiger partial charge < -0.3 is 9.88 Å². The molecule has 2 aromatic heterocycles. The van der Waals surface area contributed by atoms with Gasteiger partial charge >= 0.3 is 0 Å². The van der Waals surface area contributed by atoms with Crippen molar-refractivity contribution in [3.63, 3.8) is 0 Å². The first-order valence-corrected chi connectivity index (χ1v) is 11.8. The maximum atomic E-state index is 13.8. The molecule has 5 nitrogen and oxygen atoms in total. The van der Waals surface area contributed by atoms with Gasteiger partial charge in [0.2, 0.25) is 0 Å². The normalized spacial score (nSPS) is 16.3. The van der Waals surface area contributed by atoms with Crippen molar-refractivity contribution in [3.05, 3.63) is 80.9 Å². The average Bonchev–Trinajstić information content (AvgIpc) is 3.46. The van der Waals surface area contributed by atoms with Gasteiger partial charge in [-0.1, -0.05) is 30.4 Å². The molecule has 1 N–H and O–H groups in total. The first kappa shape index (κ1) is 21.0. The summed E-state index contributed by atoms with van der Waals surface area (Å²) in [6.45, 7) is 8.47. The number of nitrogens with one attached hydrogen (secondary N) is 1. The highest BCUT2D eigenvalue weighted by molar-refractivity contribution is 9.10. The number of carbonyl (C=O) groups excluding carboxylic acids is 1. The third kappa shape index (κ3) is 3.57. The van der Waals surface area contributed by atoms with Crippen molar-refractivity contribution in [2.45, 2.75) is 26.3 Å². The van der Waals surface area contributed by atoms with E-state index in [2.05, 4.69) is 32.5 Å². The highest BCUT2D eigenvalue weighted by Gasteiger charge is 2.37. The van der Waals surface area contributed by atoms with Crippen LogP contribution < -0.4 is 0 Å². The van der Waals surface area contributed by atoms with E-state index in [4.69, 9.17) is 4.98 Å². The summed E-state index contributed by atoms with van der Waals surface area (Å²) in [5.74, 6) is 0.226. The molecule has 0 aliphatic carbocycles. The highest BCUT2D eigenvalue weighted by Crippen LogP contribution is 2.38. The van der Waals surface area contributed by atoms with E-state index in [0.29, 0.717) is 23.1 Å². The number of rotatable bonds is 3. The maximum Gasteiger partial charge on any atom is 0.274 e. The monoisotopic (exact) mass is 510 g/mol. The van der Waals surface area contributed by atoms with Crippen LogP contribution in [-0.2, 0) is 0 Å². The molecular weight excluding hydrogens is 491 g/mol. The quantitative estimate of drug-likeness (QED) is 0.326. The molecule has 8 heteroatoms. The molecule has 1 amide bonds. The Kier molecular flexibility index (Phi) is 5.22. The Morgan fingerprint density at radius 1 is 1.28 bits per heavy atom. The lowest BCUT2D eigenvalue weighted by molar-refractivity contribution is 0.0728. The smallest absolute Gasteiger partial charge is 0.274 e. The average molecular weight is 511 g/mol. The van der Waals surface area contributed by atoms with Gasteiger partial charge in [-0.15, -0.1) is 11.3 Å². The number of H-pyrrole nitrogens is 1. The molecule has 0 saturated carbocycles. The van der Waals surface area contributed by atoms with E-state index in [1.54, 1.807) is 17.0 Å². The van der Waals surface area contributed by atoms with Crippen LogP contribution >= 0.6 is 27.3 Å². The van der Waals surface area contributed by atoms with E-state index >= 15 is 0 Å². The zero-order valence-corrected chi connectivity index (χ0v) is 20.0. The van der Waals surface area contributed by atoms with Crippen LogP contribution in [0.2, 0.25) is 0 Å². The molecule has 0 radical (unpaired) electrons. The van der Waals surface area contributed by atoms with Crippen molar-refractivity contribution >= 4 is 44.2 Å². The van der Waals surface area contributed by atoms with E-state index < -0.39 is 0 Å². The van der Waals surface area contributed by atoms with Gasteiger partial charge in [0.15, 0.2) is 0 Å². The van der Waals surface area contributed by atoms with Gasteiger partial charge in [0.1, 0.15) is 17.3 Å². The summed E-state index contributed by atoms with van der Waals surface area (Å²) >= 11 is 4.66. The lowest BCUT2D eigenvalue weighted by Gasteiger charge is -2.22. The van der Waals surface area contributed by atoms with Crippen molar-refractivity contribution in [2.75, 3.05) is 6.54 Å². The molecule has 3 heterocycles. The SMILES string of the molecule is C=C1CC(c2nc3c(C)cccc3[nH]2)N(C(=O)c2nc(C)sc2-c2ccc(F)c(Br)c2)C1. The molecule has 1 unspecified atom stereocenters. The van der Waals surface area contributed by atoms with Gasteiger partial charge in [0.25, 0.3) is 5.91 Å². The van der Waals surface area contributed by atoms with Crippen LogP contribution in [0.25, 0.3) is 21.5 Å². The number of aromatic amines is 1. The van der Waals surface area contributed by atoms with Crippen molar-refractivity contribution < 1.29 is 9.18 Å². The molecule has 1 atom stereocenters. The van der Waals surface area contributed by atoms with Crippen LogP contribution in [0.4, 0.5) is 4.39 Å². The number of para-hydroxylation sites is 1. The van der Waals surface area contributed by atoms with Crippen molar-refractivity contribution in [1.29, 1.82) is 0 Å². The number of halogens is 2. The largest absolute Gasteiger partial charge is 0.340 e. The number of imidazole rings is 1. The summed E-state index contributed by atoms with van der Waals surface area (Å²) in [5.41, 5.74) is 5.04. The Morgan fingerprint density at radius 2 is 2.09 bits per heavy atom. The van der Waals surface area contributed by atoms with Gasteiger partial charge in [-0.2, -0.15) is 0 Å². The zero-order valence-electron chi connectivity index (χ0n) is 17.6. The second-order valence-electron chi connectivity index (χ2n) is 8.04. The Morgan fingerprint density at radius 3 is 2.84 bits per heavy atom. The molecule has 162 valence electrons. The second-order valence-corrected chi connectivity index (χ2v) is 10.1. The Labute approximate surface area is 197 Å². The van der Waals surface area contributed by atoms with E-state index in [0.717, 1.165) is 43.4 Å². The Balaban J connectivity index is 1.55. The first-order chi connectivity index (χ1) is 15.3. The van der Waals surface area contributed by atoms with Crippen molar-refractivity contribution in [1.82, 2.24) is 19.9 Å². The number of hydrogen-bond acceptors (Lipinski definition) is 4. The van der Waals surface area contributed by atoms with Crippen molar-refractivity contribution in [3.8, 4) is 10.4 Å². The number of thiazole rings is 1.